The number of anilines is 1. The molecule has 0 aliphatic carbocycles. The summed E-state index contributed by atoms with van der Waals surface area (Å²) in [6, 6.07) is 8.62. The highest BCUT2D eigenvalue weighted by atomic mass is 32.2. The first kappa shape index (κ1) is 10.6. The average molecular weight is 276 g/mol. The lowest BCUT2D eigenvalue weighted by atomic mass is 10.2. The maximum Gasteiger partial charge on any atom is 0.0494 e. The van der Waals surface area contributed by atoms with Gasteiger partial charge < -0.3 is 10.2 Å². The molecule has 0 amide bonds. The molecule has 0 spiro atoms. The number of benzene rings is 1. The topological polar surface area (TPSA) is 15.3 Å². The number of piperazine rings is 1. The van der Waals surface area contributed by atoms with Crippen LogP contribution in [0.4, 0.5) is 5.69 Å². The number of allylic oxidation sites excluding steroid dienone is 3. The Balaban J connectivity index is 1.94. The summed E-state index contributed by atoms with van der Waals surface area (Å²) in [6.07, 6.45) is 2.03. The van der Waals surface area contributed by atoms with E-state index in [1.807, 2.05) is 6.08 Å². The van der Waals surface area contributed by atoms with E-state index in [0.29, 0.717) is 0 Å². The molecule has 1 fully saturated rings. The molecule has 1 unspecified atom stereocenters. The Labute approximate surface area is 121 Å². The zero-order chi connectivity index (χ0) is 14.8. The van der Waals surface area contributed by atoms with Crippen molar-refractivity contribution in [2.75, 3.05) is 31.1 Å². The third-order valence-electron chi connectivity index (χ3n) is 3.63. The molecule has 1 N–H and O–H groups in total. The van der Waals surface area contributed by atoms with Crippen LogP contribution in [-0.4, -0.2) is 26.2 Å². The van der Waals surface area contributed by atoms with Crippen LogP contribution < -0.4 is 10.2 Å². The highest BCUT2D eigenvalue weighted by Gasteiger charge is 2.19. The van der Waals surface area contributed by atoms with E-state index in [2.05, 4.69) is 46.8 Å². The number of rotatable bonds is 2. The van der Waals surface area contributed by atoms with Gasteiger partial charge in [0.1, 0.15) is 0 Å². The van der Waals surface area contributed by atoms with Gasteiger partial charge in [-0.05, 0) is 41.8 Å². The van der Waals surface area contributed by atoms with Crippen molar-refractivity contribution in [2.45, 2.75) is 18.7 Å². The van der Waals surface area contributed by atoms with Gasteiger partial charge in [-0.25, -0.2) is 0 Å². The predicted octanol–water partition coefficient (Wildman–Crippen LogP) is 3.28. The van der Waals surface area contributed by atoms with Crippen LogP contribution in [0.15, 0.2) is 51.1 Å². The minimum atomic E-state index is -0.876. The lowest BCUT2D eigenvalue weighted by molar-refractivity contribution is 0.587. The molecular formula is C16H22N2S. The fourth-order valence-corrected chi connectivity index (χ4v) is 4.79. The van der Waals surface area contributed by atoms with Crippen molar-refractivity contribution in [2.24, 2.45) is 0 Å². The van der Waals surface area contributed by atoms with Crippen LogP contribution in [0.25, 0.3) is 0 Å². The Morgan fingerprint density at radius 3 is 2.79 bits per heavy atom. The summed E-state index contributed by atoms with van der Waals surface area (Å²) in [6.45, 7) is 5.40. The summed E-state index contributed by atoms with van der Waals surface area (Å²) in [7, 11) is -0.522. The van der Waals surface area contributed by atoms with Gasteiger partial charge in [0.25, 0.3) is 0 Å². The summed E-state index contributed by atoms with van der Waals surface area (Å²) in [5.41, 5.74) is 2.16. The summed E-state index contributed by atoms with van der Waals surface area (Å²) in [5.74, 6) is 0. The van der Waals surface area contributed by atoms with Crippen LogP contribution in [0.1, 0.15) is 16.5 Å². The van der Waals surface area contributed by atoms with Crippen LogP contribution in [-0.2, 0) is 0 Å². The Morgan fingerprint density at radius 2 is 2.05 bits per heavy atom. The van der Waals surface area contributed by atoms with Crippen LogP contribution >= 0.6 is 10.9 Å². The summed E-state index contributed by atoms with van der Waals surface area (Å²) in [4.78, 5) is 5.11. The molecule has 2 aliphatic rings. The number of thiol groups is 1. The first-order valence-electron chi connectivity index (χ1n) is 7.91. The van der Waals surface area contributed by atoms with Gasteiger partial charge in [-0.1, -0.05) is 18.2 Å². The summed E-state index contributed by atoms with van der Waals surface area (Å²) >= 11 is 0. The number of nitrogens with one attached hydrogen (secondary N) is 1. The number of hydrogen-bond donors (Lipinski definition) is 2. The van der Waals surface area contributed by atoms with E-state index in [4.69, 9.17) is 2.74 Å². The van der Waals surface area contributed by atoms with Crippen LogP contribution in [0.2, 0.25) is 0 Å². The smallest absolute Gasteiger partial charge is 0.0494 e. The van der Waals surface area contributed by atoms with E-state index >= 15 is 0 Å². The zero-order valence-electron chi connectivity index (χ0n) is 13.3. The van der Waals surface area contributed by atoms with Crippen molar-refractivity contribution in [3.63, 3.8) is 0 Å². The normalized spacial score (nSPS) is 26.8. The van der Waals surface area contributed by atoms with Gasteiger partial charge in [-0.15, -0.1) is 0 Å². The van der Waals surface area contributed by atoms with Gasteiger partial charge in [0.15, 0.2) is 0 Å². The number of nitrogens with zero attached hydrogens (tertiary/aromatic N) is 1. The molecule has 1 saturated heterocycles. The van der Waals surface area contributed by atoms with E-state index in [0.717, 1.165) is 31.8 Å². The van der Waals surface area contributed by atoms with Crippen molar-refractivity contribution in [3.8, 4) is 0 Å². The molecule has 0 radical (unpaired) electrons. The van der Waals surface area contributed by atoms with Gasteiger partial charge >= 0.3 is 0 Å². The lowest BCUT2D eigenvalue weighted by Gasteiger charge is -2.33. The SMILES string of the molecule is [2H]C([2H])C1=C[SH](c2ccccc2N2CCNCC2)C(C)=C1. The van der Waals surface area contributed by atoms with Gasteiger partial charge in [0, 0.05) is 39.5 Å². The zero-order valence-corrected chi connectivity index (χ0v) is 12.2. The van der Waals surface area contributed by atoms with Gasteiger partial charge in [0.05, 0.1) is 0 Å². The Bertz CT molecular complexity index is 577. The highest BCUT2D eigenvalue weighted by Crippen LogP contribution is 2.53. The molecule has 2 heterocycles. The molecule has 19 heavy (non-hydrogen) atoms. The maximum atomic E-state index is 7.61. The fraction of sp³-hybridized carbons (Fsp3) is 0.375. The Kier molecular flexibility index (Phi) is 3.03. The average Bonchev–Trinajstić information content (AvgIpc) is 2.90. The molecule has 0 aromatic heterocycles. The summed E-state index contributed by atoms with van der Waals surface area (Å²) in [5, 5.41) is 5.54. The van der Waals surface area contributed by atoms with E-state index in [-0.39, 0.29) is 0 Å². The molecule has 2 aliphatic heterocycles. The van der Waals surface area contributed by atoms with Crippen molar-refractivity contribution in [1.82, 2.24) is 5.32 Å². The molecule has 102 valence electrons. The molecule has 3 heteroatoms. The van der Waals surface area contributed by atoms with E-state index in [9.17, 15) is 0 Å². The second-order valence-corrected chi connectivity index (χ2v) is 7.20. The van der Waals surface area contributed by atoms with Gasteiger partial charge in [-0.3, -0.25) is 0 Å². The predicted molar refractivity (Wildman–Crippen MR) is 86.3 cm³/mol. The highest BCUT2D eigenvalue weighted by molar-refractivity contribution is 8.23. The van der Waals surface area contributed by atoms with Gasteiger partial charge in [-0.2, -0.15) is 10.9 Å². The fourth-order valence-electron chi connectivity index (χ4n) is 2.70. The molecule has 2 nitrogen and oxygen atoms in total. The van der Waals surface area contributed by atoms with Crippen LogP contribution in [0.3, 0.4) is 0 Å². The molecule has 1 atom stereocenters. The molecule has 1 aromatic carbocycles. The van der Waals surface area contributed by atoms with Crippen LogP contribution in [0.5, 0.6) is 0 Å². The first-order chi connectivity index (χ1) is 10.2. The van der Waals surface area contributed by atoms with E-state index < -0.39 is 17.8 Å². The molecule has 0 bridgehead atoms. The molecule has 1 aromatic rings. The minimum Gasteiger partial charge on any atom is -0.368 e. The Morgan fingerprint density at radius 1 is 1.26 bits per heavy atom. The third-order valence-corrected chi connectivity index (χ3v) is 5.98. The quantitative estimate of drug-likeness (QED) is 0.806. The van der Waals surface area contributed by atoms with Crippen LogP contribution in [0, 0.1) is 0 Å². The monoisotopic (exact) mass is 276 g/mol. The second-order valence-electron chi connectivity index (χ2n) is 5.01. The standard InChI is InChI=1S/C16H22N2S/c1-13-11-14(2)19(12-13)16-6-4-3-5-15(16)18-9-7-17-8-10-18/h3-6,11-12,17,19H,7-10H2,1-2H3/i1D2. The van der Waals surface area contributed by atoms with Gasteiger partial charge in [0.2, 0.25) is 0 Å². The summed E-state index contributed by atoms with van der Waals surface area (Å²) < 4.78 is 15.2. The van der Waals surface area contributed by atoms with Crippen molar-refractivity contribution >= 4 is 16.6 Å². The van der Waals surface area contributed by atoms with E-state index in [1.54, 1.807) is 0 Å². The second kappa shape index (κ2) is 5.43. The van der Waals surface area contributed by atoms with Crippen molar-refractivity contribution in [1.29, 1.82) is 0 Å². The molecular weight excluding hydrogens is 252 g/mol. The Hall–Kier alpha value is -1.19. The van der Waals surface area contributed by atoms with Crippen molar-refractivity contribution in [3.05, 3.63) is 46.2 Å². The van der Waals surface area contributed by atoms with Crippen molar-refractivity contribution < 1.29 is 2.74 Å². The maximum absolute atomic E-state index is 7.61. The first-order valence-corrected chi connectivity index (χ1v) is 8.16. The molecule has 0 saturated carbocycles. The number of hydrogen-bond acceptors (Lipinski definition) is 2. The molecule has 3 rings (SSSR count). The third kappa shape index (κ3) is 2.58. The van der Waals surface area contributed by atoms with E-state index in [1.165, 1.54) is 15.5 Å². The lowest BCUT2D eigenvalue weighted by Crippen LogP contribution is -2.43. The largest absolute Gasteiger partial charge is 0.368 e. The number of para-hydroxylation sites is 1. The minimum absolute atomic E-state index is 0.522.